The van der Waals surface area contributed by atoms with Crippen molar-refractivity contribution in [2.75, 3.05) is 0 Å². The van der Waals surface area contributed by atoms with E-state index >= 15 is 0 Å². The summed E-state index contributed by atoms with van der Waals surface area (Å²) in [5.41, 5.74) is 0. The molecule has 1 aliphatic rings. The van der Waals surface area contributed by atoms with Crippen molar-refractivity contribution < 1.29 is 19.7 Å². The molecule has 3 N–H and O–H groups in total. The third-order valence-electron chi connectivity index (χ3n) is 2.43. The molecule has 0 aromatic carbocycles. The number of hydrogen-bond acceptors (Lipinski definition) is 4. The molecule has 6 nitrogen and oxygen atoms in total. The first-order valence-electron chi connectivity index (χ1n) is 4.94. The third-order valence-corrected chi connectivity index (χ3v) is 2.43. The minimum Gasteiger partial charge on any atom is -0.506 e. The van der Waals surface area contributed by atoms with Crippen molar-refractivity contribution in [3.8, 4) is 11.6 Å². The Balaban J connectivity index is 1.77. The van der Waals surface area contributed by atoms with E-state index in [2.05, 4.69) is 10.3 Å². The number of ether oxygens (including phenoxy) is 1. The van der Waals surface area contributed by atoms with Gasteiger partial charge in [-0.15, -0.1) is 0 Å². The summed E-state index contributed by atoms with van der Waals surface area (Å²) < 4.78 is 5.46. The normalized spacial score (nSPS) is 23.2. The van der Waals surface area contributed by atoms with Gasteiger partial charge in [0, 0.05) is 24.9 Å². The molecule has 0 spiro atoms. The summed E-state index contributed by atoms with van der Waals surface area (Å²) in [4.78, 5) is 14.2. The van der Waals surface area contributed by atoms with Gasteiger partial charge in [0.15, 0.2) is 0 Å². The van der Waals surface area contributed by atoms with Crippen molar-refractivity contribution in [2.45, 2.75) is 25.0 Å². The van der Waals surface area contributed by atoms with Gasteiger partial charge in [-0.25, -0.2) is 9.78 Å². The number of carboxylic acid groups (broad SMARTS) is 1. The predicted octanol–water partition coefficient (Wildman–Crippen LogP) is 0.965. The Kier molecular flexibility index (Phi) is 2.80. The maximum Gasteiger partial charge on any atom is 0.404 e. The van der Waals surface area contributed by atoms with Crippen LogP contribution in [0.2, 0.25) is 0 Å². The zero-order chi connectivity index (χ0) is 11.5. The largest absolute Gasteiger partial charge is 0.506 e. The highest BCUT2D eigenvalue weighted by molar-refractivity contribution is 5.65. The quantitative estimate of drug-likeness (QED) is 0.711. The van der Waals surface area contributed by atoms with Gasteiger partial charge in [-0.2, -0.15) is 0 Å². The number of pyridine rings is 1. The summed E-state index contributed by atoms with van der Waals surface area (Å²) >= 11 is 0. The summed E-state index contributed by atoms with van der Waals surface area (Å²) in [5, 5.41) is 19.9. The van der Waals surface area contributed by atoms with Gasteiger partial charge in [-0.1, -0.05) is 0 Å². The van der Waals surface area contributed by atoms with Crippen molar-refractivity contribution in [3.05, 3.63) is 18.3 Å². The van der Waals surface area contributed by atoms with Gasteiger partial charge in [-0.05, 0) is 6.07 Å². The molecule has 1 saturated carbocycles. The van der Waals surface area contributed by atoms with Crippen LogP contribution in [0.3, 0.4) is 0 Å². The number of aromatic hydroxyl groups is 1. The number of aromatic nitrogens is 1. The van der Waals surface area contributed by atoms with Crippen LogP contribution >= 0.6 is 0 Å². The topological polar surface area (TPSA) is 91.7 Å². The van der Waals surface area contributed by atoms with Crippen LogP contribution in [0.4, 0.5) is 4.79 Å². The average molecular weight is 224 g/mol. The van der Waals surface area contributed by atoms with Crippen molar-refractivity contribution >= 4 is 6.09 Å². The molecule has 0 aliphatic heterocycles. The van der Waals surface area contributed by atoms with Crippen LogP contribution in [0.25, 0.3) is 0 Å². The molecule has 0 atom stereocenters. The Morgan fingerprint density at radius 2 is 2.25 bits per heavy atom. The third kappa shape index (κ3) is 2.53. The summed E-state index contributed by atoms with van der Waals surface area (Å²) in [6.07, 6.45) is 1.59. The molecule has 1 heterocycles. The van der Waals surface area contributed by atoms with Crippen LogP contribution < -0.4 is 10.1 Å². The molecule has 0 saturated heterocycles. The van der Waals surface area contributed by atoms with E-state index in [1.54, 1.807) is 6.07 Å². The smallest absolute Gasteiger partial charge is 0.404 e. The second-order valence-corrected chi connectivity index (χ2v) is 3.71. The van der Waals surface area contributed by atoms with Gasteiger partial charge >= 0.3 is 6.09 Å². The highest BCUT2D eigenvalue weighted by Crippen LogP contribution is 2.25. The van der Waals surface area contributed by atoms with Gasteiger partial charge in [0.25, 0.3) is 0 Å². The summed E-state index contributed by atoms with van der Waals surface area (Å²) in [6.45, 7) is 0. The molecule has 0 unspecified atom stereocenters. The zero-order valence-electron chi connectivity index (χ0n) is 8.46. The van der Waals surface area contributed by atoms with Crippen LogP contribution in [-0.2, 0) is 0 Å². The van der Waals surface area contributed by atoms with Crippen LogP contribution in [0.1, 0.15) is 12.8 Å². The number of carbonyl (C=O) groups is 1. The summed E-state index contributed by atoms with van der Waals surface area (Å²) in [7, 11) is 0. The monoisotopic (exact) mass is 224 g/mol. The van der Waals surface area contributed by atoms with Gasteiger partial charge in [0.05, 0.1) is 6.20 Å². The van der Waals surface area contributed by atoms with E-state index in [1.165, 1.54) is 12.3 Å². The Morgan fingerprint density at radius 3 is 2.81 bits per heavy atom. The van der Waals surface area contributed by atoms with E-state index in [1.807, 2.05) is 0 Å². The lowest BCUT2D eigenvalue weighted by molar-refractivity contribution is 0.0792. The molecular weight excluding hydrogens is 212 g/mol. The fourth-order valence-electron chi connectivity index (χ4n) is 1.57. The minimum atomic E-state index is -1.01. The number of hydrogen-bond donors (Lipinski definition) is 3. The van der Waals surface area contributed by atoms with Crippen molar-refractivity contribution in [3.63, 3.8) is 0 Å². The Labute approximate surface area is 91.9 Å². The maximum absolute atomic E-state index is 10.3. The first-order chi connectivity index (χ1) is 7.63. The molecule has 1 fully saturated rings. The second-order valence-electron chi connectivity index (χ2n) is 3.71. The Bertz CT molecular complexity index is 373. The van der Waals surface area contributed by atoms with Gasteiger partial charge in [0.2, 0.25) is 5.88 Å². The molecular formula is C10H12N2O4. The van der Waals surface area contributed by atoms with E-state index in [4.69, 9.17) is 14.9 Å². The molecule has 16 heavy (non-hydrogen) atoms. The van der Waals surface area contributed by atoms with E-state index in [0.29, 0.717) is 18.7 Å². The Morgan fingerprint density at radius 1 is 1.50 bits per heavy atom. The van der Waals surface area contributed by atoms with Gasteiger partial charge < -0.3 is 20.3 Å². The fourth-order valence-corrected chi connectivity index (χ4v) is 1.57. The van der Waals surface area contributed by atoms with E-state index in [9.17, 15) is 4.79 Å². The lowest BCUT2D eigenvalue weighted by Crippen LogP contribution is -2.48. The first-order valence-corrected chi connectivity index (χ1v) is 4.94. The molecule has 0 bridgehead atoms. The lowest BCUT2D eigenvalue weighted by atomic mass is 9.89. The highest BCUT2D eigenvalue weighted by atomic mass is 16.5. The van der Waals surface area contributed by atoms with Crippen LogP contribution in [-0.4, -0.2) is 33.4 Å². The number of nitrogens with zero attached hydrogens (tertiary/aromatic N) is 1. The van der Waals surface area contributed by atoms with Gasteiger partial charge in [0.1, 0.15) is 11.9 Å². The number of nitrogens with one attached hydrogen (secondary N) is 1. The standard InChI is InChI=1S/C10H12N2O4/c13-7-1-2-9(11-5-7)16-8-3-6(4-8)12-10(14)15/h1-2,5-6,8,12-13H,3-4H2,(H,14,15)/t6-,8-. The van der Waals surface area contributed by atoms with Crippen LogP contribution in [0.5, 0.6) is 11.6 Å². The lowest BCUT2D eigenvalue weighted by Gasteiger charge is -2.34. The maximum atomic E-state index is 10.3. The predicted molar refractivity (Wildman–Crippen MR) is 54.5 cm³/mol. The van der Waals surface area contributed by atoms with E-state index in [0.717, 1.165) is 0 Å². The van der Waals surface area contributed by atoms with Crippen molar-refractivity contribution in [1.29, 1.82) is 0 Å². The average Bonchev–Trinajstić information content (AvgIpc) is 2.17. The van der Waals surface area contributed by atoms with Crippen LogP contribution in [0, 0.1) is 0 Å². The van der Waals surface area contributed by atoms with Crippen LogP contribution in [0.15, 0.2) is 18.3 Å². The fraction of sp³-hybridized carbons (Fsp3) is 0.400. The number of amides is 1. The summed E-state index contributed by atoms with van der Waals surface area (Å²) in [5.74, 6) is 0.531. The molecule has 1 amide bonds. The molecule has 1 aromatic rings. The Hall–Kier alpha value is -1.98. The van der Waals surface area contributed by atoms with E-state index in [-0.39, 0.29) is 17.9 Å². The molecule has 1 aliphatic carbocycles. The van der Waals surface area contributed by atoms with Crippen molar-refractivity contribution in [1.82, 2.24) is 10.3 Å². The van der Waals surface area contributed by atoms with E-state index < -0.39 is 6.09 Å². The molecule has 86 valence electrons. The SMILES string of the molecule is O=C(O)N[C@H]1C[C@H](Oc2ccc(O)cn2)C1. The molecule has 2 rings (SSSR count). The first kappa shape index (κ1) is 10.5. The zero-order valence-corrected chi connectivity index (χ0v) is 8.46. The molecule has 0 radical (unpaired) electrons. The molecule has 6 heteroatoms. The number of rotatable bonds is 3. The van der Waals surface area contributed by atoms with Gasteiger partial charge in [-0.3, -0.25) is 0 Å². The summed E-state index contributed by atoms with van der Waals surface area (Å²) in [6, 6.07) is 3.04. The minimum absolute atomic E-state index is 0.00565. The highest BCUT2D eigenvalue weighted by Gasteiger charge is 2.32. The second kappa shape index (κ2) is 4.26. The molecule has 1 aromatic heterocycles. The van der Waals surface area contributed by atoms with Crippen molar-refractivity contribution in [2.24, 2.45) is 0 Å².